The lowest BCUT2D eigenvalue weighted by molar-refractivity contribution is -0.132. The van der Waals surface area contributed by atoms with Crippen molar-refractivity contribution in [1.82, 2.24) is 30.0 Å². The summed E-state index contributed by atoms with van der Waals surface area (Å²) in [5.41, 5.74) is 2.62. The lowest BCUT2D eigenvalue weighted by Crippen LogP contribution is -2.47. The predicted molar refractivity (Wildman–Crippen MR) is 119 cm³/mol. The second kappa shape index (κ2) is 9.22. The molecule has 0 spiro atoms. The number of hydrogen-bond donors (Lipinski definition) is 2. The average Bonchev–Trinajstić information content (AvgIpc) is 3.15. The Kier molecular flexibility index (Phi) is 6.22. The normalized spacial score (nSPS) is 14.4. The summed E-state index contributed by atoms with van der Waals surface area (Å²) in [6, 6.07) is 11.4. The van der Waals surface area contributed by atoms with Gasteiger partial charge in [-0.05, 0) is 50.2 Å². The van der Waals surface area contributed by atoms with Gasteiger partial charge in [-0.2, -0.15) is 5.10 Å². The van der Waals surface area contributed by atoms with Gasteiger partial charge in [0.2, 0.25) is 5.91 Å². The van der Waals surface area contributed by atoms with Gasteiger partial charge in [-0.1, -0.05) is 23.8 Å². The topological polar surface area (TPSA) is 95.9 Å². The van der Waals surface area contributed by atoms with Crippen molar-refractivity contribution in [3.05, 3.63) is 64.7 Å². The van der Waals surface area contributed by atoms with Crippen LogP contribution in [-0.4, -0.2) is 55.6 Å². The fraction of sp³-hybridized carbons (Fsp3) is 0.318. The Balaban J connectivity index is 1.36. The summed E-state index contributed by atoms with van der Waals surface area (Å²) in [5, 5.41) is 10.2. The van der Waals surface area contributed by atoms with Crippen LogP contribution in [0.25, 0.3) is 11.4 Å². The maximum absolute atomic E-state index is 12.9. The molecule has 0 saturated carbocycles. The highest BCUT2D eigenvalue weighted by molar-refractivity contribution is 7.71. The van der Waals surface area contributed by atoms with Crippen molar-refractivity contribution in [2.75, 3.05) is 13.1 Å². The molecular weight excluding hydrogens is 412 g/mol. The van der Waals surface area contributed by atoms with Crippen LogP contribution in [0, 0.1) is 11.7 Å². The number of benzene rings is 1. The number of aryl methyl sites for hydroxylation is 1. The number of carbonyl (C=O) groups excluding carboxylic acids is 2. The summed E-state index contributed by atoms with van der Waals surface area (Å²) in [5.74, 6) is 0.534. The van der Waals surface area contributed by atoms with E-state index in [0.717, 1.165) is 11.1 Å². The maximum Gasteiger partial charge on any atom is 0.251 e. The molecule has 160 valence electrons. The first kappa shape index (κ1) is 20.9. The SMILES string of the molecule is Cc1cccc(-c2n[nH]c(=S)n2CC(=O)N2CCC(NC(=O)c3ccncc3)CC2)c1. The number of carbonyl (C=O) groups is 2. The van der Waals surface area contributed by atoms with Crippen molar-refractivity contribution < 1.29 is 9.59 Å². The van der Waals surface area contributed by atoms with Crippen molar-refractivity contribution >= 4 is 24.0 Å². The van der Waals surface area contributed by atoms with Gasteiger partial charge in [0.25, 0.3) is 5.91 Å². The van der Waals surface area contributed by atoms with E-state index in [1.807, 2.05) is 36.1 Å². The molecule has 3 aromatic rings. The van der Waals surface area contributed by atoms with Gasteiger partial charge in [-0.15, -0.1) is 0 Å². The maximum atomic E-state index is 12.9. The number of piperidine rings is 1. The number of nitrogens with one attached hydrogen (secondary N) is 2. The molecule has 2 amide bonds. The van der Waals surface area contributed by atoms with Gasteiger partial charge >= 0.3 is 0 Å². The van der Waals surface area contributed by atoms with Crippen LogP contribution in [0.3, 0.4) is 0 Å². The summed E-state index contributed by atoms with van der Waals surface area (Å²) < 4.78 is 2.16. The Morgan fingerprint density at radius 1 is 1.19 bits per heavy atom. The minimum absolute atomic E-state index is 0.00897. The molecule has 9 heteroatoms. The van der Waals surface area contributed by atoms with Gasteiger partial charge in [-0.3, -0.25) is 24.2 Å². The molecule has 31 heavy (non-hydrogen) atoms. The zero-order valence-corrected chi connectivity index (χ0v) is 18.1. The van der Waals surface area contributed by atoms with Gasteiger partial charge in [0.15, 0.2) is 10.6 Å². The standard InChI is InChI=1S/C22H24N6O2S/c1-15-3-2-4-17(13-15)20-25-26-22(31)28(20)14-19(29)27-11-7-18(8-12-27)24-21(30)16-5-9-23-10-6-16/h2-6,9-10,13,18H,7-8,11-12,14H2,1H3,(H,24,30)(H,26,31). The summed E-state index contributed by atoms with van der Waals surface area (Å²) in [7, 11) is 0. The summed E-state index contributed by atoms with van der Waals surface area (Å²) >= 11 is 5.36. The van der Waals surface area contributed by atoms with Gasteiger partial charge in [-0.25, -0.2) is 0 Å². The Bertz CT molecular complexity index is 1130. The highest BCUT2D eigenvalue weighted by atomic mass is 32.1. The first-order valence-electron chi connectivity index (χ1n) is 10.2. The van der Waals surface area contributed by atoms with E-state index >= 15 is 0 Å². The summed E-state index contributed by atoms with van der Waals surface area (Å²) in [4.78, 5) is 31.0. The smallest absolute Gasteiger partial charge is 0.251 e. The van der Waals surface area contributed by atoms with Gasteiger partial charge < -0.3 is 10.2 Å². The van der Waals surface area contributed by atoms with Crippen molar-refractivity contribution in [3.63, 3.8) is 0 Å². The number of rotatable bonds is 5. The lowest BCUT2D eigenvalue weighted by Gasteiger charge is -2.32. The molecule has 0 bridgehead atoms. The first-order chi connectivity index (χ1) is 15.0. The van der Waals surface area contributed by atoms with E-state index < -0.39 is 0 Å². The van der Waals surface area contributed by atoms with Crippen LogP contribution >= 0.6 is 12.2 Å². The summed E-state index contributed by atoms with van der Waals surface area (Å²) in [6.45, 7) is 3.32. The third-order valence-corrected chi connectivity index (χ3v) is 5.76. The number of aromatic amines is 1. The van der Waals surface area contributed by atoms with Crippen molar-refractivity contribution in [2.24, 2.45) is 0 Å². The van der Waals surface area contributed by atoms with E-state index in [9.17, 15) is 9.59 Å². The molecule has 3 heterocycles. The third kappa shape index (κ3) is 4.88. The van der Waals surface area contributed by atoms with Gasteiger partial charge in [0, 0.05) is 42.7 Å². The fourth-order valence-electron chi connectivity index (χ4n) is 3.75. The number of H-pyrrole nitrogens is 1. The van der Waals surface area contributed by atoms with Crippen LogP contribution in [0.5, 0.6) is 0 Å². The predicted octanol–water partition coefficient (Wildman–Crippen LogP) is 2.73. The molecule has 1 aromatic carbocycles. The highest BCUT2D eigenvalue weighted by Crippen LogP contribution is 2.19. The number of likely N-dealkylation sites (tertiary alicyclic amines) is 1. The highest BCUT2D eigenvalue weighted by Gasteiger charge is 2.25. The zero-order valence-electron chi connectivity index (χ0n) is 17.2. The molecule has 0 atom stereocenters. The molecule has 0 aliphatic carbocycles. The lowest BCUT2D eigenvalue weighted by atomic mass is 10.0. The first-order valence-corrected chi connectivity index (χ1v) is 10.6. The van der Waals surface area contributed by atoms with E-state index in [1.54, 1.807) is 29.1 Å². The van der Waals surface area contributed by atoms with Crippen molar-refractivity contribution in [1.29, 1.82) is 0 Å². The second-order valence-electron chi connectivity index (χ2n) is 7.67. The average molecular weight is 437 g/mol. The van der Waals surface area contributed by atoms with Crippen LogP contribution in [0.15, 0.2) is 48.8 Å². The van der Waals surface area contributed by atoms with Crippen LogP contribution in [0.4, 0.5) is 0 Å². The largest absolute Gasteiger partial charge is 0.349 e. The molecule has 8 nitrogen and oxygen atoms in total. The zero-order chi connectivity index (χ0) is 21.8. The molecule has 1 fully saturated rings. The van der Waals surface area contributed by atoms with Crippen LogP contribution in [0.1, 0.15) is 28.8 Å². The number of amides is 2. The number of aromatic nitrogens is 4. The quantitative estimate of drug-likeness (QED) is 0.600. The molecule has 1 aliphatic rings. The number of pyridine rings is 1. The third-order valence-electron chi connectivity index (χ3n) is 5.45. The molecule has 4 rings (SSSR count). The van der Waals surface area contributed by atoms with Gasteiger partial charge in [0.05, 0.1) is 0 Å². The Morgan fingerprint density at radius 3 is 2.65 bits per heavy atom. The van der Waals surface area contributed by atoms with Gasteiger partial charge in [0.1, 0.15) is 6.54 Å². The number of hydrogen-bond acceptors (Lipinski definition) is 5. The van der Waals surface area contributed by atoms with E-state index in [0.29, 0.717) is 42.1 Å². The number of nitrogens with zero attached hydrogens (tertiary/aromatic N) is 4. The molecule has 2 N–H and O–H groups in total. The minimum atomic E-state index is -0.111. The molecule has 1 saturated heterocycles. The van der Waals surface area contributed by atoms with E-state index in [-0.39, 0.29) is 24.4 Å². The Morgan fingerprint density at radius 2 is 1.94 bits per heavy atom. The van der Waals surface area contributed by atoms with E-state index in [1.165, 1.54) is 0 Å². The van der Waals surface area contributed by atoms with Crippen LogP contribution in [0.2, 0.25) is 0 Å². The monoisotopic (exact) mass is 436 g/mol. The molecule has 1 aliphatic heterocycles. The van der Waals surface area contributed by atoms with E-state index in [4.69, 9.17) is 12.2 Å². The Labute approximate surface area is 185 Å². The molecular formula is C22H24N6O2S. The van der Waals surface area contributed by atoms with Crippen molar-refractivity contribution in [3.8, 4) is 11.4 Å². The van der Waals surface area contributed by atoms with Crippen LogP contribution < -0.4 is 5.32 Å². The second-order valence-corrected chi connectivity index (χ2v) is 8.06. The van der Waals surface area contributed by atoms with Crippen molar-refractivity contribution in [2.45, 2.75) is 32.4 Å². The van der Waals surface area contributed by atoms with Crippen LogP contribution in [-0.2, 0) is 11.3 Å². The minimum Gasteiger partial charge on any atom is -0.349 e. The summed E-state index contributed by atoms with van der Waals surface area (Å²) in [6.07, 6.45) is 4.62. The molecule has 2 aromatic heterocycles. The molecule has 0 unspecified atom stereocenters. The van der Waals surface area contributed by atoms with E-state index in [2.05, 4.69) is 20.5 Å². The molecule has 0 radical (unpaired) electrons. The fourth-order valence-corrected chi connectivity index (χ4v) is 3.95. The Hall–Kier alpha value is -3.33.